The Morgan fingerprint density at radius 3 is 1.84 bits per heavy atom. The topological polar surface area (TPSA) is 29.3 Å². The highest BCUT2D eigenvalue weighted by Gasteiger charge is 2.55. The minimum absolute atomic E-state index is 0.158. The van der Waals surface area contributed by atoms with Crippen LogP contribution < -0.4 is 5.73 Å². The maximum absolute atomic E-state index is 6.19. The van der Waals surface area contributed by atoms with E-state index in [-0.39, 0.29) is 5.54 Å². The fraction of sp³-hybridized carbons (Fsp3) is 1.00. The molecule has 4 saturated carbocycles. The SMILES string of the molecule is CC(C)C(C)(CN)N(C)C12CC3CC(CC(C3)C1)C2. The normalized spacial score (nSPS) is 44.1. The molecule has 4 rings (SSSR count). The van der Waals surface area contributed by atoms with Crippen LogP contribution in [0, 0.1) is 23.7 Å². The summed E-state index contributed by atoms with van der Waals surface area (Å²) in [4.78, 5) is 2.73. The molecule has 4 aliphatic carbocycles. The van der Waals surface area contributed by atoms with Crippen LogP contribution in [0.15, 0.2) is 0 Å². The number of hydrogen-bond donors (Lipinski definition) is 1. The van der Waals surface area contributed by atoms with E-state index in [1.54, 1.807) is 0 Å². The van der Waals surface area contributed by atoms with Crippen LogP contribution in [0.3, 0.4) is 0 Å². The van der Waals surface area contributed by atoms with E-state index in [1.165, 1.54) is 38.5 Å². The Morgan fingerprint density at radius 2 is 1.53 bits per heavy atom. The van der Waals surface area contributed by atoms with E-state index in [0.29, 0.717) is 11.5 Å². The first kappa shape index (κ1) is 13.9. The van der Waals surface area contributed by atoms with Gasteiger partial charge < -0.3 is 5.73 Å². The highest BCUT2D eigenvalue weighted by Crippen LogP contribution is 2.58. The van der Waals surface area contributed by atoms with Crippen LogP contribution in [0.5, 0.6) is 0 Å². The summed E-state index contributed by atoms with van der Waals surface area (Å²) in [5.41, 5.74) is 6.82. The summed E-state index contributed by atoms with van der Waals surface area (Å²) in [6, 6.07) is 0. The van der Waals surface area contributed by atoms with Crippen LogP contribution in [-0.4, -0.2) is 29.6 Å². The van der Waals surface area contributed by atoms with Gasteiger partial charge in [-0.25, -0.2) is 0 Å². The van der Waals surface area contributed by atoms with E-state index in [4.69, 9.17) is 5.73 Å². The van der Waals surface area contributed by atoms with Crippen molar-refractivity contribution in [3.63, 3.8) is 0 Å². The third-order valence-corrected chi connectivity index (χ3v) is 7.14. The molecule has 2 nitrogen and oxygen atoms in total. The van der Waals surface area contributed by atoms with Crippen molar-refractivity contribution < 1.29 is 0 Å². The lowest BCUT2D eigenvalue weighted by Gasteiger charge is -2.63. The van der Waals surface area contributed by atoms with Gasteiger partial charge >= 0.3 is 0 Å². The molecule has 1 atom stereocenters. The quantitative estimate of drug-likeness (QED) is 0.844. The third kappa shape index (κ3) is 1.98. The Morgan fingerprint density at radius 1 is 1.11 bits per heavy atom. The van der Waals surface area contributed by atoms with Gasteiger partial charge in [-0.2, -0.15) is 0 Å². The van der Waals surface area contributed by atoms with Gasteiger partial charge in [0.05, 0.1) is 0 Å². The molecule has 4 bridgehead atoms. The first-order chi connectivity index (χ1) is 8.89. The minimum Gasteiger partial charge on any atom is -0.329 e. The zero-order chi connectivity index (χ0) is 13.8. The summed E-state index contributed by atoms with van der Waals surface area (Å²) >= 11 is 0. The predicted octanol–water partition coefficient (Wildman–Crippen LogP) is 3.26. The fourth-order valence-corrected chi connectivity index (χ4v) is 5.78. The van der Waals surface area contributed by atoms with E-state index in [9.17, 15) is 0 Å². The average molecular weight is 264 g/mol. The van der Waals surface area contributed by atoms with Crippen LogP contribution in [0.25, 0.3) is 0 Å². The van der Waals surface area contributed by atoms with Crippen molar-refractivity contribution in [2.24, 2.45) is 29.4 Å². The van der Waals surface area contributed by atoms with Crippen LogP contribution in [0.4, 0.5) is 0 Å². The lowest BCUT2D eigenvalue weighted by molar-refractivity contribution is -0.122. The molecule has 0 heterocycles. The molecular formula is C17H32N2. The monoisotopic (exact) mass is 264 g/mol. The number of nitrogens with two attached hydrogens (primary N) is 1. The fourth-order valence-electron chi connectivity index (χ4n) is 5.78. The smallest absolute Gasteiger partial charge is 0.0328 e. The van der Waals surface area contributed by atoms with Gasteiger partial charge in [0.15, 0.2) is 0 Å². The molecule has 0 saturated heterocycles. The standard InChI is InChI=1S/C17H32N2/c1-12(2)16(3,11-18)19(4)17-8-13-5-14(9-17)7-15(6-13)10-17/h12-15H,5-11,18H2,1-4H3. The van der Waals surface area contributed by atoms with E-state index >= 15 is 0 Å². The molecule has 19 heavy (non-hydrogen) atoms. The van der Waals surface area contributed by atoms with Crippen molar-refractivity contribution >= 4 is 0 Å². The summed E-state index contributed by atoms with van der Waals surface area (Å²) in [6.45, 7) is 7.84. The van der Waals surface area contributed by atoms with Crippen molar-refractivity contribution in [1.29, 1.82) is 0 Å². The zero-order valence-corrected chi connectivity index (χ0v) is 13.3. The second kappa shape index (κ2) is 4.46. The molecule has 110 valence electrons. The van der Waals surface area contributed by atoms with Crippen LogP contribution in [-0.2, 0) is 0 Å². The summed E-state index contributed by atoms with van der Waals surface area (Å²) in [5, 5.41) is 0. The van der Waals surface area contributed by atoms with Gasteiger partial charge in [0.2, 0.25) is 0 Å². The molecule has 1 unspecified atom stereocenters. The average Bonchev–Trinajstić information content (AvgIpc) is 2.35. The Balaban J connectivity index is 1.88. The molecule has 0 spiro atoms. The number of hydrogen-bond acceptors (Lipinski definition) is 2. The molecule has 4 aliphatic rings. The first-order valence-corrected chi connectivity index (χ1v) is 8.33. The lowest BCUT2D eigenvalue weighted by Crippen LogP contribution is -2.67. The second-order valence-corrected chi connectivity index (χ2v) is 8.42. The lowest BCUT2D eigenvalue weighted by atomic mass is 9.52. The van der Waals surface area contributed by atoms with Crippen molar-refractivity contribution in [3.05, 3.63) is 0 Å². The number of likely N-dealkylation sites (N-methyl/N-ethyl adjacent to an activating group) is 1. The Labute approximate surface area is 119 Å². The van der Waals surface area contributed by atoms with E-state index < -0.39 is 0 Å². The number of nitrogens with zero attached hydrogens (tertiary/aromatic N) is 1. The van der Waals surface area contributed by atoms with Crippen molar-refractivity contribution in [2.75, 3.05) is 13.6 Å². The largest absolute Gasteiger partial charge is 0.329 e. The molecular weight excluding hydrogens is 232 g/mol. The molecule has 0 aliphatic heterocycles. The van der Waals surface area contributed by atoms with Gasteiger partial charge in [0, 0.05) is 17.6 Å². The highest BCUT2D eigenvalue weighted by atomic mass is 15.3. The molecule has 2 N–H and O–H groups in total. The zero-order valence-electron chi connectivity index (χ0n) is 13.3. The summed E-state index contributed by atoms with van der Waals surface area (Å²) in [6.07, 6.45) is 8.89. The molecule has 0 radical (unpaired) electrons. The Bertz CT molecular complexity index is 314. The molecule has 4 fully saturated rings. The van der Waals surface area contributed by atoms with Gasteiger partial charge in [0.1, 0.15) is 0 Å². The third-order valence-electron chi connectivity index (χ3n) is 7.14. The number of rotatable bonds is 4. The minimum atomic E-state index is 0.158. The summed E-state index contributed by atoms with van der Waals surface area (Å²) in [7, 11) is 2.38. The van der Waals surface area contributed by atoms with Crippen LogP contribution in [0.2, 0.25) is 0 Å². The molecule has 0 aromatic heterocycles. The Kier molecular flexibility index (Phi) is 3.26. The van der Waals surface area contributed by atoms with E-state index in [0.717, 1.165) is 24.3 Å². The highest BCUT2D eigenvalue weighted by molar-refractivity contribution is 5.10. The van der Waals surface area contributed by atoms with Crippen LogP contribution >= 0.6 is 0 Å². The molecule has 0 aromatic carbocycles. The molecule has 0 aromatic rings. The van der Waals surface area contributed by atoms with Crippen molar-refractivity contribution in [1.82, 2.24) is 4.90 Å². The van der Waals surface area contributed by atoms with Crippen molar-refractivity contribution in [2.45, 2.75) is 70.4 Å². The first-order valence-electron chi connectivity index (χ1n) is 8.33. The van der Waals surface area contributed by atoms with E-state index in [2.05, 4.69) is 32.7 Å². The Hall–Kier alpha value is -0.0800. The molecule has 2 heteroatoms. The second-order valence-electron chi connectivity index (χ2n) is 8.42. The summed E-state index contributed by atoms with van der Waals surface area (Å²) in [5.74, 6) is 3.67. The summed E-state index contributed by atoms with van der Waals surface area (Å²) < 4.78 is 0. The molecule has 0 amide bonds. The van der Waals surface area contributed by atoms with Crippen molar-refractivity contribution in [3.8, 4) is 0 Å². The van der Waals surface area contributed by atoms with Gasteiger partial charge in [-0.15, -0.1) is 0 Å². The predicted molar refractivity (Wildman–Crippen MR) is 81.0 cm³/mol. The maximum Gasteiger partial charge on any atom is 0.0328 e. The van der Waals surface area contributed by atoms with Gasteiger partial charge in [0.25, 0.3) is 0 Å². The van der Waals surface area contributed by atoms with Gasteiger partial charge in [-0.05, 0) is 76.2 Å². The maximum atomic E-state index is 6.19. The van der Waals surface area contributed by atoms with E-state index in [1.807, 2.05) is 0 Å². The van der Waals surface area contributed by atoms with Gasteiger partial charge in [-0.1, -0.05) is 13.8 Å². The van der Waals surface area contributed by atoms with Gasteiger partial charge in [-0.3, -0.25) is 4.90 Å². The van der Waals surface area contributed by atoms with Crippen LogP contribution in [0.1, 0.15) is 59.3 Å².